The Kier molecular flexibility index (Phi) is 5.46. The normalized spacial score (nSPS) is 10.7. The average molecular weight is 372 g/mol. The monoisotopic (exact) mass is 371 g/mol. The van der Waals surface area contributed by atoms with E-state index in [4.69, 9.17) is 11.6 Å². The van der Waals surface area contributed by atoms with Crippen LogP contribution in [-0.4, -0.2) is 21.2 Å². The third-order valence-corrected chi connectivity index (χ3v) is 4.77. The summed E-state index contributed by atoms with van der Waals surface area (Å²) in [5.74, 6) is 0.201. The van der Waals surface area contributed by atoms with E-state index in [1.165, 1.54) is 22.9 Å². The number of carbonyl (C=O) groups excluding carboxylic acids is 1. The maximum absolute atomic E-state index is 12.1. The molecule has 25 heavy (non-hydrogen) atoms. The van der Waals surface area contributed by atoms with Crippen molar-refractivity contribution in [3.05, 3.63) is 71.0 Å². The van der Waals surface area contributed by atoms with E-state index < -0.39 is 0 Å². The molecule has 0 saturated heterocycles. The van der Waals surface area contributed by atoms with Crippen LogP contribution >= 0.6 is 23.4 Å². The number of halogens is 1. The van der Waals surface area contributed by atoms with Crippen LogP contribution in [-0.2, 0) is 4.79 Å². The second kappa shape index (κ2) is 7.76. The third kappa shape index (κ3) is 4.65. The van der Waals surface area contributed by atoms with Crippen LogP contribution in [0.3, 0.4) is 0 Å². The molecule has 1 N–H and O–H groups in total. The Labute approximate surface area is 156 Å². The van der Waals surface area contributed by atoms with Gasteiger partial charge in [-0.3, -0.25) is 9.36 Å². The first kappa shape index (κ1) is 17.6. The van der Waals surface area contributed by atoms with Crippen molar-refractivity contribution in [1.29, 1.82) is 0 Å². The van der Waals surface area contributed by atoms with Crippen LogP contribution in [0.2, 0.25) is 5.02 Å². The number of nitrogens with one attached hydrogen (secondary N) is 1. The molecular formula is C19H18ClN3OS. The molecule has 1 amide bonds. The van der Waals surface area contributed by atoms with Gasteiger partial charge in [0.05, 0.1) is 5.75 Å². The summed E-state index contributed by atoms with van der Waals surface area (Å²) >= 11 is 7.25. The molecule has 128 valence electrons. The van der Waals surface area contributed by atoms with E-state index in [2.05, 4.69) is 42.3 Å². The first-order valence-electron chi connectivity index (χ1n) is 7.81. The average Bonchev–Trinajstić information content (AvgIpc) is 3.03. The number of thioether (sulfide) groups is 1. The number of amides is 1. The van der Waals surface area contributed by atoms with Gasteiger partial charge in [0.2, 0.25) is 5.91 Å². The van der Waals surface area contributed by atoms with Crippen molar-refractivity contribution >= 4 is 35.0 Å². The molecule has 3 aromatic rings. The predicted octanol–water partition coefficient (Wildman–Crippen LogP) is 4.87. The van der Waals surface area contributed by atoms with Crippen LogP contribution in [0.4, 0.5) is 5.69 Å². The summed E-state index contributed by atoms with van der Waals surface area (Å²) in [6.45, 7) is 4.14. The minimum absolute atomic E-state index is 0.0812. The van der Waals surface area contributed by atoms with E-state index in [9.17, 15) is 4.79 Å². The van der Waals surface area contributed by atoms with E-state index in [-0.39, 0.29) is 11.7 Å². The van der Waals surface area contributed by atoms with Gasteiger partial charge in [0.25, 0.3) is 0 Å². The van der Waals surface area contributed by atoms with E-state index in [1.807, 2.05) is 10.8 Å². The molecule has 0 saturated carbocycles. The quantitative estimate of drug-likeness (QED) is 0.650. The molecule has 0 fully saturated rings. The van der Waals surface area contributed by atoms with Gasteiger partial charge in [-0.05, 0) is 61.4 Å². The highest BCUT2D eigenvalue weighted by atomic mass is 35.5. The maximum atomic E-state index is 12.1. The van der Waals surface area contributed by atoms with Crippen LogP contribution in [0, 0.1) is 13.8 Å². The van der Waals surface area contributed by atoms with E-state index in [1.54, 1.807) is 30.5 Å². The van der Waals surface area contributed by atoms with Crippen LogP contribution in [0.15, 0.2) is 60.0 Å². The van der Waals surface area contributed by atoms with Crippen LogP contribution in [0.1, 0.15) is 11.1 Å². The van der Waals surface area contributed by atoms with Crippen molar-refractivity contribution in [2.75, 3.05) is 11.1 Å². The number of imidazole rings is 1. The maximum Gasteiger partial charge on any atom is 0.234 e. The lowest BCUT2D eigenvalue weighted by Gasteiger charge is -2.10. The summed E-state index contributed by atoms with van der Waals surface area (Å²) in [6.07, 6.45) is 3.66. The van der Waals surface area contributed by atoms with Crippen LogP contribution in [0.25, 0.3) is 5.69 Å². The molecule has 1 aromatic heterocycles. The molecule has 0 radical (unpaired) electrons. The van der Waals surface area contributed by atoms with Crippen molar-refractivity contribution in [3.63, 3.8) is 0 Å². The molecule has 0 aliphatic carbocycles. The van der Waals surface area contributed by atoms with Crippen molar-refractivity contribution in [2.24, 2.45) is 0 Å². The summed E-state index contributed by atoms with van der Waals surface area (Å²) in [4.78, 5) is 16.5. The SMILES string of the molecule is Cc1cc(C)cc(-n2ccnc2SCC(=O)Nc2ccc(Cl)cc2)c1. The fraction of sp³-hybridized carbons (Fsp3) is 0.158. The molecular weight excluding hydrogens is 354 g/mol. The Morgan fingerprint density at radius 3 is 2.52 bits per heavy atom. The summed E-state index contributed by atoms with van der Waals surface area (Å²) in [7, 11) is 0. The lowest BCUT2D eigenvalue weighted by Crippen LogP contribution is -2.14. The fourth-order valence-corrected chi connectivity index (χ4v) is 3.44. The smallest absolute Gasteiger partial charge is 0.234 e. The highest BCUT2D eigenvalue weighted by molar-refractivity contribution is 7.99. The van der Waals surface area contributed by atoms with Crippen molar-refractivity contribution in [1.82, 2.24) is 9.55 Å². The van der Waals surface area contributed by atoms with E-state index in [0.29, 0.717) is 5.02 Å². The van der Waals surface area contributed by atoms with Crippen molar-refractivity contribution in [2.45, 2.75) is 19.0 Å². The summed E-state index contributed by atoms with van der Waals surface area (Å²) in [6, 6.07) is 13.4. The second-order valence-electron chi connectivity index (χ2n) is 5.77. The van der Waals surface area contributed by atoms with Gasteiger partial charge in [-0.15, -0.1) is 0 Å². The van der Waals surface area contributed by atoms with Gasteiger partial charge in [0, 0.05) is 28.8 Å². The largest absolute Gasteiger partial charge is 0.325 e. The summed E-state index contributed by atoms with van der Waals surface area (Å²) in [5, 5.41) is 4.28. The van der Waals surface area contributed by atoms with Crippen molar-refractivity contribution < 1.29 is 4.79 Å². The van der Waals surface area contributed by atoms with Gasteiger partial charge >= 0.3 is 0 Å². The molecule has 6 heteroatoms. The number of anilines is 1. The first-order chi connectivity index (χ1) is 12.0. The minimum atomic E-state index is -0.0812. The van der Waals surface area contributed by atoms with Crippen LogP contribution in [0.5, 0.6) is 0 Å². The molecule has 0 spiro atoms. The molecule has 2 aromatic carbocycles. The van der Waals surface area contributed by atoms with Crippen LogP contribution < -0.4 is 5.32 Å². The van der Waals surface area contributed by atoms with Gasteiger partial charge in [-0.2, -0.15) is 0 Å². The third-order valence-electron chi connectivity index (χ3n) is 3.55. The summed E-state index contributed by atoms with van der Waals surface area (Å²) in [5.41, 5.74) is 4.17. The Hall–Kier alpha value is -2.24. The highest BCUT2D eigenvalue weighted by Crippen LogP contribution is 2.22. The zero-order valence-corrected chi connectivity index (χ0v) is 15.6. The molecule has 0 aliphatic heterocycles. The van der Waals surface area contributed by atoms with Gasteiger partial charge in [-0.1, -0.05) is 29.4 Å². The molecule has 3 rings (SSSR count). The highest BCUT2D eigenvalue weighted by Gasteiger charge is 2.10. The lowest BCUT2D eigenvalue weighted by molar-refractivity contribution is -0.113. The number of hydrogen-bond donors (Lipinski definition) is 1. The molecule has 0 unspecified atom stereocenters. The number of hydrogen-bond acceptors (Lipinski definition) is 3. The fourth-order valence-electron chi connectivity index (χ4n) is 2.54. The minimum Gasteiger partial charge on any atom is -0.325 e. The standard InChI is InChI=1S/C19H18ClN3OS/c1-13-9-14(2)11-17(10-13)23-8-7-21-19(23)25-12-18(24)22-16-5-3-15(20)4-6-16/h3-11H,12H2,1-2H3,(H,22,24). The number of aryl methyl sites for hydroxylation is 2. The number of rotatable bonds is 5. The molecule has 1 heterocycles. The van der Waals surface area contributed by atoms with E-state index >= 15 is 0 Å². The summed E-state index contributed by atoms with van der Waals surface area (Å²) < 4.78 is 2.00. The second-order valence-corrected chi connectivity index (χ2v) is 7.15. The molecule has 0 atom stereocenters. The van der Waals surface area contributed by atoms with Crippen molar-refractivity contribution in [3.8, 4) is 5.69 Å². The zero-order chi connectivity index (χ0) is 17.8. The van der Waals surface area contributed by atoms with Gasteiger partial charge < -0.3 is 5.32 Å². The van der Waals surface area contributed by atoms with Gasteiger partial charge in [-0.25, -0.2) is 4.98 Å². The van der Waals surface area contributed by atoms with Gasteiger partial charge in [0.15, 0.2) is 5.16 Å². The lowest BCUT2D eigenvalue weighted by atomic mass is 10.1. The Balaban J connectivity index is 1.67. The molecule has 0 aliphatic rings. The number of aromatic nitrogens is 2. The Morgan fingerprint density at radius 1 is 1.16 bits per heavy atom. The topological polar surface area (TPSA) is 46.9 Å². The number of benzene rings is 2. The Morgan fingerprint density at radius 2 is 1.84 bits per heavy atom. The molecule has 4 nitrogen and oxygen atoms in total. The predicted molar refractivity (Wildman–Crippen MR) is 104 cm³/mol. The number of nitrogens with zero attached hydrogens (tertiary/aromatic N) is 2. The first-order valence-corrected chi connectivity index (χ1v) is 9.18. The number of carbonyl (C=O) groups is 1. The Bertz CT molecular complexity index is 870. The zero-order valence-electron chi connectivity index (χ0n) is 14.0. The van der Waals surface area contributed by atoms with Gasteiger partial charge in [0.1, 0.15) is 0 Å². The van der Waals surface area contributed by atoms with E-state index in [0.717, 1.165) is 16.5 Å². The molecule has 0 bridgehead atoms.